The summed E-state index contributed by atoms with van der Waals surface area (Å²) in [6, 6.07) is 0. The topological polar surface area (TPSA) is 184 Å². The second-order valence-corrected chi connectivity index (χ2v) is 7.12. The predicted octanol–water partition coefficient (Wildman–Crippen LogP) is -0.229. The van der Waals surface area contributed by atoms with Gasteiger partial charge >= 0.3 is 41.8 Å². The third-order valence-corrected chi connectivity index (χ3v) is 3.82. The van der Waals surface area contributed by atoms with Crippen LogP contribution in [0.4, 0.5) is 0 Å². The maximum Gasteiger partial charge on any atom is 0.303 e. The Balaban J connectivity index is 6.75. The predicted molar refractivity (Wildman–Crippen MR) is 111 cm³/mol. The molecule has 0 radical (unpaired) electrons. The van der Waals surface area contributed by atoms with Crippen LogP contribution in [-0.4, -0.2) is 85.5 Å². The van der Waals surface area contributed by atoms with E-state index in [1.165, 1.54) is 0 Å². The Labute approximate surface area is 201 Å². The van der Waals surface area contributed by atoms with Crippen molar-refractivity contribution in [3.63, 3.8) is 0 Å². The van der Waals surface area contributed by atoms with Gasteiger partial charge in [-0.25, -0.2) is 0 Å². The Hall–Kier alpha value is -3.71. The monoisotopic (exact) mass is 506 g/mol. The average molecular weight is 506 g/mol. The summed E-state index contributed by atoms with van der Waals surface area (Å²) in [4.78, 5) is 81.9. The lowest BCUT2D eigenvalue weighted by atomic mass is 9.98. The van der Waals surface area contributed by atoms with Crippen LogP contribution < -0.4 is 0 Å². The zero-order chi connectivity index (χ0) is 27.3. The van der Waals surface area contributed by atoms with Crippen molar-refractivity contribution in [2.45, 2.75) is 79.0 Å². The lowest BCUT2D eigenvalue weighted by Gasteiger charge is -2.37. The fourth-order valence-corrected chi connectivity index (χ4v) is 2.82. The lowest BCUT2D eigenvalue weighted by molar-refractivity contribution is -0.216. The van der Waals surface area contributed by atoms with E-state index >= 15 is 0 Å². The molecule has 0 saturated heterocycles. The molecule has 0 rings (SSSR count). The first-order chi connectivity index (χ1) is 16.1. The van der Waals surface area contributed by atoms with Crippen molar-refractivity contribution in [1.29, 1.82) is 0 Å². The number of carbonyl (C=O) groups excluding carboxylic acids is 7. The Kier molecular flexibility index (Phi) is 13.6. The van der Waals surface area contributed by atoms with Gasteiger partial charge in [0.2, 0.25) is 0 Å². The summed E-state index contributed by atoms with van der Waals surface area (Å²) in [5.41, 5.74) is 0. The largest absolute Gasteiger partial charge is 0.462 e. The van der Waals surface area contributed by atoms with Crippen LogP contribution in [0, 0.1) is 0 Å². The van der Waals surface area contributed by atoms with Gasteiger partial charge in [-0.15, -0.1) is 0 Å². The van der Waals surface area contributed by atoms with E-state index in [4.69, 9.17) is 33.2 Å². The minimum atomic E-state index is -1.79. The molecule has 0 aliphatic carbocycles. The zero-order valence-corrected chi connectivity index (χ0v) is 20.5. The highest BCUT2D eigenvalue weighted by Gasteiger charge is 2.48. The first kappa shape index (κ1) is 31.3. The molecule has 0 aromatic heterocycles. The van der Waals surface area contributed by atoms with Crippen molar-refractivity contribution in [2.24, 2.45) is 0 Å². The second-order valence-electron chi connectivity index (χ2n) is 7.12. The van der Waals surface area contributed by atoms with Gasteiger partial charge in [0.1, 0.15) is 13.2 Å². The molecular weight excluding hydrogens is 476 g/mol. The number of esters is 7. The summed E-state index contributed by atoms with van der Waals surface area (Å²) in [6.07, 6.45) is -8.39. The first-order valence-corrected chi connectivity index (χ1v) is 10.3. The average Bonchev–Trinajstić information content (AvgIpc) is 2.68. The molecule has 198 valence electrons. The van der Waals surface area contributed by atoms with Gasteiger partial charge in [0.05, 0.1) is 0 Å². The molecule has 0 heterocycles. The molecule has 0 spiro atoms. The van der Waals surface area contributed by atoms with Crippen LogP contribution in [0.1, 0.15) is 48.5 Å². The number of rotatable bonds is 13. The van der Waals surface area contributed by atoms with Crippen molar-refractivity contribution in [3.8, 4) is 0 Å². The highest BCUT2D eigenvalue weighted by Crippen LogP contribution is 2.24. The molecule has 14 nitrogen and oxygen atoms in total. The normalized spacial score (nSPS) is 14.6. The van der Waals surface area contributed by atoms with E-state index in [1.807, 2.05) is 0 Å². The Morgan fingerprint density at radius 2 is 0.657 bits per heavy atom. The molecule has 1 unspecified atom stereocenters. The lowest BCUT2D eigenvalue weighted by Crippen LogP contribution is -2.57. The van der Waals surface area contributed by atoms with Crippen LogP contribution >= 0.6 is 0 Å². The van der Waals surface area contributed by atoms with Crippen LogP contribution in [0.5, 0.6) is 0 Å². The molecule has 0 bridgehead atoms. The molecule has 5 atom stereocenters. The molecule has 0 aromatic carbocycles. The third-order valence-electron chi connectivity index (χ3n) is 3.82. The van der Waals surface area contributed by atoms with Gasteiger partial charge in [-0.2, -0.15) is 0 Å². The van der Waals surface area contributed by atoms with Gasteiger partial charge in [-0.05, 0) is 0 Å². The number of ether oxygens (including phenoxy) is 7. The Bertz CT molecular complexity index is 746. The van der Waals surface area contributed by atoms with E-state index in [0.717, 1.165) is 48.5 Å². The van der Waals surface area contributed by atoms with E-state index in [1.54, 1.807) is 0 Å². The highest BCUT2D eigenvalue weighted by atomic mass is 16.7. The highest BCUT2D eigenvalue weighted by molar-refractivity contribution is 5.70. The summed E-state index contributed by atoms with van der Waals surface area (Å²) in [5.74, 6) is -6.19. The van der Waals surface area contributed by atoms with Crippen LogP contribution in [0.15, 0.2) is 0 Å². The fraction of sp³-hybridized carbons (Fsp3) is 0.667. The van der Waals surface area contributed by atoms with Crippen LogP contribution in [0.3, 0.4) is 0 Å². The molecule has 35 heavy (non-hydrogen) atoms. The first-order valence-electron chi connectivity index (χ1n) is 10.3. The van der Waals surface area contributed by atoms with Gasteiger partial charge in [0.25, 0.3) is 0 Å². The molecule has 0 amide bonds. The maximum atomic E-state index is 12.0. The number of hydrogen-bond acceptors (Lipinski definition) is 14. The minimum absolute atomic E-state index is 0.653. The zero-order valence-electron chi connectivity index (χ0n) is 20.5. The minimum Gasteiger partial charge on any atom is -0.462 e. The molecule has 0 aliphatic heterocycles. The van der Waals surface area contributed by atoms with E-state index in [0.29, 0.717) is 0 Å². The summed E-state index contributed by atoms with van der Waals surface area (Å²) in [5, 5.41) is 0. The molecule has 0 aromatic rings. The third kappa shape index (κ3) is 13.6. The van der Waals surface area contributed by atoms with E-state index < -0.39 is 85.5 Å². The van der Waals surface area contributed by atoms with Crippen molar-refractivity contribution in [1.82, 2.24) is 0 Å². The fourth-order valence-electron chi connectivity index (χ4n) is 2.82. The molecular formula is C21H30O14. The van der Waals surface area contributed by atoms with Crippen LogP contribution in [-0.2, 0) is 66.7 Å². The summed E-state index contributed by atoms with van der Waals surface area (Å²) >= 11 is 0. The van der Waals surface area contributed by atoms with Gasteiger partial charge < -0.3 is 33.2 Å². The van der Waals surface area contributed by atoms with Gasteiger partial charge in [0.15, 0.2) is 30.5 Å². The number of carbonyl (C=O) groups is 7. The summed E-state index contributed by atoms with van der Waals surface area (Å²) in [7, 11) is 0. The maximum absolute atomic E-state index is 12.0. The molecule has 14 heteroatoms. The standard InChI is InChI=1S/C21H30O14/c1-10(22)29-8-17(31-12(3)24)19(33-14(5)26)21(35-16(7)28)20(34-15(6)27)18(32-13(4)25)9-30-11(2)23/h17-21H,8-9H2,1-7H3/t17-,18+,19-,20+,21?. The van der Waals surface area contributed by atoms with Gasteiger partial charge in [-0.1, -0.05) is 0 Å². The van der Waals surface area contributed by atoms with Crippen LogP contribution in [0.25, 0.3) is 0 Å². The Morgan fingerprint density at radius 3 is 0.886 bits per heavy atom. The quantitative estimate of drug-likeness (QED) is 0.236. The smallest absolute Gasteiger partial charge is 0.303 e. The van der Waals surface area contributed by atoms with Crippen molar-refractivity contribution < 1.29 is 66.7 Å². The van der Waals surface area contributed by atoms with Crippen LogP contribution in [0.2, 0.25) is 0 Å². The molecule has 0 saturated carbocycles. The summed E-state index contributed by atoms with van der Waals surface area (Å²) < 4.78 is 35.7. The second kappa shape index (κ2) is 15.2. The summed E-state index contributed by atoms with van der Waals surface area (Å²) in [6.45, 7) is 5.78. The van der Waals surface area contributed by atoms with E-state index in [-0.39, 0.29) is 0 Å². The SMILES string of the molecule is CC(=O)OC[C@H](OC(C)=O)[C@H](OC(C)=O)C(OC(C)=O)[C@H](OC(C)=O)[C@@H](COC(C)=O)OC(C)=O. The molecule has 0 fully saturated rings. The van der Waals surface area contributed by atoms with E-state index in [9.17, 15) is 33.6 Å². The molecule has 0 N–H and O–H groups in total. The Morgan fingerprint density at radius 1 is 0.400 bits per heavy atom. The van der Waals surface area contributed by atoms with Gasteiger partial charge in [-0.3, -0.25) is 33.6 Å². The number of hydrogen-bond donors (Lipinski definition) is 0. The van der Waals surface area contributed by atoms with Crippen molar-refractivity contribution in [3.05, 3.63) is 0 Å². The van der Waals surface area contributed by atoms with Crippen molar-refractivity contribution >= 4 is 41.8 Å². The van der Waals surface area contributed by atoms with Gasteiger partial charge in [0, 0.05) is 48.5 Å². The van der Waals surface area contributed by atoms with E-state index in [2.05, 4.69) is 0 Å². The van der Waals surface area contributed by atoms with Crippen molar-refractivity contribution in [2.75, 3.05) is 13.2 Å². The molecule has 0 aliphatic rings.